The van der Waals surface area contributed by atoms with Gasteiger partial charge in [-0.15, -0.1) is 0 Å². The Kier molecular flexibility index (Phi) is 11.9. The van der Waals surface area contributed by atoms with Crippen LogP contribution in [0.5, 0.6) is 5.75 Å². The second kappa shape index (κ2) is 15.5. The summed E-state index contributed by atoms with van der Waals surface area (Å²) in [6.07, 6.45) is -4.15. The van der Waals surface area contributed by atoms with Crippen LogP contribution in [0, 0.1) is 0 Å². The number of benzene rings is 2. The molecule has 268 valence electrons. The number of aromatic carboxylic acids is 1. The summed E-state index contributed by atoms with van der Waals surface area (Å²) in [5.74, 6) is -5.42. The molecule has 2 aliphatic heterocycles. The Morgan fingerprint density at radius 1 is 0.878 bits per heavy atom. The standard InChI is InChI=1S/C29H35N3O3.2C2HF3O2/c1-30-13-15-31(16-14-30)22-18-32-25-17-21(29(33)34)11-12-23(25)27(20-7-3-2-4-8-20)28(32)24-9-5-6-10-26(24)35-19-22;2*3-2(4,5)1(6)7/h5-6,9-12,17,20,22H,2-4,7-8,13-16,18-19H2,1H3,(H,33,34);2*(H,6,7). The smallest absolute Gasteiger partial charge is 0.430 e. The average Bonchev–Trinajstić information content (AvgIpc) is 3.35. The fourth-order valence-corrected chi connectivity index (χ4v) is 6.70. The van der Waals surface area contributed by atoms with Crippen LogP contribution < -0.4 is 24.7 Å². The number of quaternary nitrogens is 2. The van der Waals surface area contributed by atoms with Crippen molar-refractivity contribution < 1.29 is 70.6 Å². The summed E-state index contributed by atoms with van der Waals surface area (Å²) in [5, 5.41) is 28.6. The molecule has 1 saturated carbocycles. The van der Waals surface area contributed by atoms with Crippen molar-refractivity contribution >= 4 is 28.8 Å². The van der Waals surface area contributed by atoms with Gasteiger partial charge in [0.05, 0.1) is 24.8 Å². The van der Waals surface area contributed by atoms with Crippen molar-refractivity contribution in [3.63, 3.8) is 0 Å². The number of likely N-dealkylation sites (N-methyl/N-ethyl adjacent to an activating group) is 1. The van der Waals surface area contributed by atoms with Gasteiger partial charge in [0.25, 0.3) is 0 Å². The Bertz CT molecular complexity index is 1620. The molecule has 2 fully saturated rings. The SMILES string of the molecule is C[NH+]1CC[NH+](C2COc3ccccc3-c3c(C4CCCCC4)c4ccc(C(=O)O)cc4n3C2)CC1.O=C([O-])C(F)(F)F.O=C([O-])C(F)(F)F. The summed E-state index contributed by atoms with van der Waals surface area (Å²) >= 11 is 0. The summed E-state index contributed by atoms with van der Waals surface area (Å²) in [4.78, 5) is 32.7. The molecular formula is C33H37F6N3O7. The molecule has 0 spiro atoms. The number of hydrogen-bond donors (Lipinski definition) is 3. The van der Waals surface area contributed by atoms with Crippen molar-refractivity contribution in [1.29, 1.82) is 0 Å². The lowest BCUT2D eigenvalue weighted by Gasteiger charge is -2.35. The molecular weight excluding hydrogens is 664 g/mol. The molecule has 49 heavy (non-hydrogen) atoms. The van der Waals surface area contributed by atoms with E-state index in [0.29, 0.717) is 24.1 Å². The minimum atomic E-state index is -5.19. The summed E-state index contributed by atoms with van der Waals surface area (Å²) in [7, 11) is 2.28. The third kappa shape index (κ3) is 9.23. The van der Waals surface area contributed by atoms with Crippen molar-refractivity contribution in [1.82, 2.24) is 4.57 Å². The molecule has 2 aromatic carbocycles. The molecule has 3 N–H and O–H groups in total. The van der Waals surface area contributed by atoms with Gasteiger partial charge in [-0.25, -0.2) is 4.79 Å². The van der Waals surface area contributed by atoms with Crippen LogP contribution in [0.2, 0.25) is 0 Å². The minimum absolute atomic E-state index is 0.332. The Balaban J connectivity index is 0.000000327. The number of rotatable bonds is 3. The van der Waals surface area contributed by atoms with Crippen LogP contribution in [0.15, 0.2) is 42.5 Å². The van der Waals surface area contributed by atoms with Gasteiger partial charge in [0.15, 0.2) is 0 Å². The van der Waals surface area contributed by atoms with E-state index in [-0.39, 0.29) is 0 Å². The number of para-hydroxylation sites is 1. The molecule has 3 aromatic rings. The van der Waals surface area contributed by atoms with E-state index in [1.165, 1.54) is 61.8 Å². The van der Waals surface area contributed by atoms with Gasteiger partial charge in [-0.05, 0) is 48.6 Å². The maximum atomic E-state index is 11.9. The molecule has 6 rings (SSSR count). The molecule has 16 heteroatoms. The van der Waals surface area contributed by atoms with E-state index in [4.69, 9.17) is 24.5 Å². The van der Waals surface area contributed by atoms with Crippen LogP contribution in [0.1, 0.15) is 53.9 Å². The highest BCUT2D eigenvalue weighted by atomic mass is 19.4. The first kappa shape index (κ1) is 37.5. The first-order chi connectivity index (χ1) is 23.0. The van der Waals surface area contributed by atoms with E-state index in [1.807, 2.05) is 6.07 Å². The van der Waals surface area contributed by atoms with E-state index >= 15 is 0 Å². The van der Waals surface area contributed by atoms with Crippen molar-refractivity contribution in [2.24, 2.45) is 0 Å². The minimum Gasteiger partial charge on any atom is -0.542 e. The maximum absolute atomic E-state index is 11.9. The maximum Gasteiger partial charge on any atom is 0.430 e. The number of piperazine rings is 1. The van der Waals surface area contributed by atoms with Crippen molar-refractivity contribution in [3.05, 3.63) is 53.6 Å². The number of nitrogens with zero attached hydrogens (tertiary/aromatic N) is 1. The van der Waals surface area contributed by atoms with Gasteiger partial charge in [-0.2, -0.15) is 26.3 Å². The van der Waals surface area contributed by atoms with Gasteiger partial charge in [0.1, 0.15) is 56.5 Å². The molecule has 10 nitrogen and oxygen atoms in total. The monoisotopic (exact) mass is 701 g/mol. The Morgan fingerprint density at radius 3 is 2.00 bits per heavy atom. The second-order valence-electron chi connectivity index (χ2n) is 12.4. The zero-order valence-corrected chi connectivity index (χ0v) is 26.6. The number of hydrogen-bond acceptors (Lipinski definition) is 6. The number of aromatic nitrogens is 1. The first-order valence-electron chi connectivity index (χ1n) is 15.8. The van der Waals surface area contributed by atoms with Crippen molar-refractivity contribution in [2.75, 3.05) is 39.8 Å². The molecule has 1 aliphatic carbocycles. The predicted octanol–water partition coefficient (Wildman–Crippen LogP) is 0.826. The van der Waals surface area contributed by atoms with Crippen LogP contribution in [0.25, 0.3) is 22.2 Å². The van der Waals surface area contributed by atoms with Crippen LogP contribution >= 0.6 is 0 Å². The number of fused-ring (bicyclic) bond motifs is 5. The van der Waals surface area contributed by atoms with Crippen molar-refractivity contribution in [2.45, 2.75) is 63.0 Å². The highest BCUT2D eigenvalue weighted by Gasteiger charge is 2.35. The van der Waals surface area contributed by atoms with E-state index in [9.17, 15) is 36.2 Å². The number of carbonyl (C=O) groups is 3. The average molecular weight is 702 g/mol. The summed E-state index contributed by atoms with van der Waals surface area (Å²) in [5.41, 5.74) is 5.26. The summed E-state index contributed by atoms with van der Waals surface area (Å²) < 4.78 is 72.1. The molecule has 1 aromatic heterocycles. The lowest BCUT2D eigenvalue weighted by molar-refractivity contribution is -1.02. The molecule has 0 amide bonds. The fraction of sp³-hybridized carbons (Fsp3) is 0.485. The topological polar surface area (TPSA) is 141 Å². The number of carboxylic acid groups (broad SMARTS) is 3. The number of carbonyl (C=O) groups excluding carboxylic acids is 2. The van der Waals surface area contributed by atoms with Gasteiger partial charge in [0.2, 0.25) is 0 Å². The number of ether oxygens (including phenoxy) is 1. The normalized spacial score (nSPS) is 21.2. The molecule has 0 radical (unpaired) electrons. The predicted molar refractivity (Wildman–Crippen MR) is 159 cm³/mol. The lowest BCUT2D eigenvalue weighted by Crippen LogP contribution is -3.29. The van der Waals surface area contributed by atoms with E-state index in [1.54, 1.807) is 15.9 Å². The van der Waals surface area contributed by atoms with Crippen LogP contribution in [0.4, 0.5) is 26.3 Å². The van der Waals surface area contributed by atoms with E-state index in [2.05, 4.69) is 41.9 Å². The third-order valence-corrected chi connectivity index (χ3v) is 9.14. The molecule has 1 atom stereocenters. The molecule has 3 heterocycles. The number of halogens is 6. The highest BCUT2D eigenvalue weighted by molar-refractivity contribution is 5.98. The summed E-state index contributed by atoms with van der Waals surface area (Å²) in [6, 6.07) is 14.6. The second-order valence-corrected chi connectivity index (χ2v) is 12.4. The Labute approximate surface area is 277 Å². The number of aliphatic carboxylic acids is 2. The van der Waals surface area contributed by atoms with Crippen LogP contribution in [0.3, 0.4) is 0 Å². The largest absolute Gasteiger partial charge is 0.542 e. The van der Waals surface area contributed by atoms with Gasteiger partial charge in [-0.1, -0.05) is 37.5 Å². The van der Waals surface area contributed by atoms with Crippen LogP contribution in [-0.4, -0.2) is 85.8 Å². The lowest BCUT2D eigenvalue weighted by atomic mass is 9.81. The third-order valence-electron chi connectivity index (χ3n) is 9.14. The molecule has 3 aliphatic rings. The fourth-order valence-electron chi connectivity index (χ4n) is 6.70. The molecule has 0 bridgehead atoms. The van der Waals surface area contributed by atoms with Gasteiger partial charge in [0, 0.05) is 16.5 Å². The molecule has 1 saturated heterocycles. The van der Waals surface area contributed by atoms with E-state index in [0.717, 1.165) is 36.5 Å². The number of carboxylic acids is 3. The zero-order chi connectivity index (χ0) is 36.1. The van der Waals surface area contributed by atoms with E-state index < -0.39 is 30.3 Å². The molecule has 1 unspecified atom stereocenters. The quantitative estimate of drug-likeness (QED) is 0.344. The van der Waals surface area contributed by atoms with Crippen molar-refractivity contribution in [3.8, 4) is 17.0 Å². The van der Waals surface area contributed by atoms with Crippen LogP contribution in [-0.2, 0) is 16.1 Å². The number of alkyl halides is 6. The zero-order valence-electron chi connectivity index (χ0n) is 26.6. The number of nitrogens with one attached hydrogen (secondary N) is 2. The Hall–Kier alpha value is -4.31. The van der Waals surface area contributed by atoms with Gasteiger partial charge >= 0.3 is 18.3 Å². The Morgan fingerprint density at radius 2 is 1.45 bits per heavy atom. The highest BCUT2D eigenvalue weighted by Crippen LogP contribution is 2.46. The first-order valence-corrected chi connectivity index (χ1v) is 15.8. The van der Waals surface area contributed by atoms with Gasteiger partial charge < -0.3 is 44.0 Å². The summed E-state index contributed by atoms with van der Waals surface area (Å²) in [6.45, 7) is 6.18. The van der Waals surface area contributed by atoms with Gasteiger partial charge in [-0.3, -0.25) is 0 Å².